The number of piperidine rings is 1. The van der Waals surface area contributed by atoms with E-state index in [4.69, 9.17) is 11.6 Å². The Balaban J connectivity index is 1.53. The van der Waals surface area contributed by atoms with E-state index >= 15 is 0 Å². The number of pyridine rings is 1. The van der Waals surface area contributed by atoms with E-state index in [9.17, 15) is 9.59 Å². The van der Waals surface area contributed by atoms with Crippen molar-refractivity contribution in [2.24, 2.45) is 0 Å². The molecule has 5 nitrogen and oxygen atoms in total. The van der Waals surface area contributed by atoms with E-state index in [0.717, 1.165) is 12.8 Å². The number of aromatic nitrogens is 1. The average Bonchev–Trinajstić information content (AvgIpc) is 2.63. The Hall–Kier alpha value is -2.40. The van der Waals surface area contributed by atoms with Crippen LogP contribution in [-0.2, 0) is 0 Å². The maximum absolute atomic E-state index is 12.4. The van der Waals surface area contributed by atoms with Crippen LogP contribution in [0, 0.1) is 0 Å². The minimum Gasteiger partial charge on any atom is -0.349 e. The molecule has 0 radical (unpaired) electrons. The lowest BCUT2D eigenvalue weighted by atomic mass is 10.0. The first-order valence-electron chi connectivity index (χ1n) is 7.89. The molecule has 1 fully saturated rings. The van der Waals surface area contributed by atoms with Gasteiger partial charge in [0.25, 0.3) is 11.8 Å². The Morgan fingerprint density at radius 1 is 1.08 bits per heavy atom. The summed E-state index contributed by atoms with van der Waals surface area (Å²) in [5.74, 6) is -0.116. The molecule has 1 N–H and O–H groups in total. The predicted octanol–water partition coefficient (Wildman–Crippen LogP) is 2.77. The van der Waals surface area contributed by atoms with Gasteiger partial charge in [0.2, 0.25) is 0 Å². The number of halogens is 1. The van der Waals surface area contributed by atoms with Gasteiger partial charge in [0.1, 0.15) is 0 Å². The van der Waals surface area contributed by atoms with Gasteiger partial charge in [-0.1, -0.05) is 11.6 Å². The van der Waals surface area contributed by atoms with Crippen LogP contribution in [0.2, 0.25) is 5.02 Å². The smallest absolute Gasteiger partial charge is 0.255 e. The summed E-state index contributed by atoms with van der Waals surface area (Å²) in [5.41, 5.74) is 1.19. The summed E-state index contributed by atoms with van der Waals surface area (Å²) in [4.78, 5) is 30.4. The van der Waals surface area contributed by atoms with Gasteiger partial charge in [0.05, 0.1) is 5.56 Å². The molecular weight excluding hydrogens is 326 g/mol. The number of nitrogens with one attached hydrogen (secondary N) is 1. The second-order valence-electron chi connectivity index (χ2n) is 5.79. The van der Waals surface area contributed by atoms with Gasteiger partial charge in [-0.3, -0.25) is 14.6 Å². The van der Waals surface area contributed by atoms with Crippen LogP contribution in [0.15, 0.2) is 48.8 Å². The fourth-order valence-corrected chi connectivity index (χ4v) is 2.89. The molecule has 124 valence electrons. The van der Waals surface area contributed by atoms with Gasteiger partial charge in [-0.15, -0.1) is 0 Å². The molecule has 2 aromatic rings. The van der Waals surface area contributed by atoms with E-state index in [2.05, 4.69) is 10.3 Å². The molecule has 3 rings (SSSR count). The summed E-state index contributed by atoms with van der Waals surface area (Å²) in [6, 6.07) is 10.4. The van der Waals surface area contributed by atoms with Crippen LogP contribution in [0.4, 0.5) is 0 Å². The Morgan fingerprint density at radius 3 is 2.42 bits per heavy atom. The average molecular weight is 344 g/mol. The molecule has 2 amide bonds. The largest absolute Gasteiger partial charge is 0.349 e. The van der Waals surface area contributed by atoms with Gasteiger partial charge >= 0.3 is 0 Å². The lowest BCUT2D eigenvalue weighted by Gasteiger charge is -2.32. The normalized spacial score (nSPS) is 15.1. The van der Waals surface area contributed by atoms with Crippen LogP contribution in [0.1, 0.15) is 33.6 Å². The van der Waals surface area contributed by atoms with E-state index in [1.54, 1.807) is 48.8 Å². The van der Waals surface area contributed by atoms with Crippen molar-refractivity contribution in [1.82, 2.24) is 15.2 Å². The van der Waals surface area contributed by atoms with Crippen molar-refractivity contribution >= 4 is 23.4 Å². The number of benzene rings is 1. The molecule has 1 aromatic heterocycles. The van der Waals surface area contributed by atoms with Crippen molar-refractivity contribution in [2.45, 2.75) is 18.9 Å². The second-order valence-corrected chi connectivity index (χ2v) is 6.22. The number of hydrogen-bond acceptors (Lipinski definition) is 3. The summed E-state index contributed by atoms with van der Waals surface area (Å²) in [5, 5.41) is 3.63. The fourth-order valence-electron chi connectivity index (χ4n) is 2.77. The Kier molecular flexibility index (Phi) is 5.11. The van der Waals surface area contributed by atoms with Crippen molar-refractivity contribution in [2.75, 3.05) is 13.1 Å². The van der Waals surface area contributed by atoms with Crippen molar-refractivity contribution < 1.29 is 9.59 Å². The van der Waals surface area contributed by atoms with Crippen LogP contribution in [0.25, 0.3) is 0 Å². The van der Waals surface area contributed by atoms with E-state index in [1.807, 2.05) is 4.90 Å². The standard InChI is InChI=1S/C18H18ClN3O2/c19-15-5-3-13(4-6-15)17(23)21-16-7-10-22(11-8-16)18(24)14-2-1-9-20-12-14/h1-6,9,12,16H,7-8,10-11H2,(H,21,23). The van der Waals surface area contributed by atoms with Crippen molar-refractivity contribution in [3.05, 3.63) is 64.9 Å². The highest BCUT2D eigenvalue weighted by atomic mass is 35.5. The summed E-state index contributed by atoms with van der Waals surface area (Å²) in [6.07, 6.45) is 4.71. The second kappa shape index (κ2) is 7.45. The molecule has 1 aliphatic rings. The number of nitrogens with zero attached hydrogens (tertiary/aromatic N) is 2. The van der Waals surface area contributed by atoms with Crippen LogP contribution < -0.4 is 5.32 Å². The van der Waals surface area contributed by atoms with Crippen LogP contribution in [0.5, 0.6) is 0 Å². The molecule has 0 aliphatic carbocycles. The number of amides is 2. The summed E-state index contributed by atoms with van der Waals surface area (Å²) >= 11 is 5.83. The minimum atomic E-state index is -0.108. The van der Waals surface area contributed by atoms with Crippen molar-refractivity contribution in [3.63, 3.8) is 0 Å². The number of rotatable bonds is 3. The molecule has 0 bridgehead atoms. The summed E-state index contributed by atoms with van der Waals surface area (Å²) in [6.45, 7) is 1.25. The number of carbonyl (C=O) groups excluding carboxylic acids is 2. The maximum Gasteiger partial charge on any atom is 0.255 e. The van der Waals surface area contributed by atoms with Crippen LogP contribution in [0.3, 0.4) is 0 Å². The molecule has 1 saturated heterocycles. The van der Waals surface area contributed by atoms with Crippen molar-refractivity contribution in [1.29, 1.82) is 0 Å². The van der Waals surface area contributed by atoms with Gasteiger partial charge in [-0.25, -0.2) is 0 Å². The number of hydrogen-bond donors (Lipinski definition) is 1. The zero-order chi connectivity index (χ0) is 16.9. The molecule has 24 heavy (non-hydrogen) atoms. The summed E-state index contributed by atoms with van der Waals surface area (Å²) in [7, 11) is 0. The van der Waals surface area contributed by atoms with Gasteiger partial charge in [0, 0.05) is 42.1 Å². The molecular formula is C18H18ClN3O2. The molecule has 0 unspecified atom stereocenters. The lowest BCUT2D eigenvalue weighted by molar-refractivity contribution is 0.0697. The minimum absolute atomic E-state index is 0.00872. The molecule has 1 aliphatic heterocycles. The number of carbonyl (C=O) groups is 2. The molecule has 6 heteroatoms. The number of likely N-dealkylation sites (tertiary alicyclic amines) is 1. The SMILES string of the molecule is O=C(NC1CCN(C(=O)c2cccnc2)CC1)c1ccc(Cl)cc1. The van der Waals surface area contributed by atoms with Crippen molar-refractivity contribution in [3.8, 4) is 0 Å². The highest BCUT2D eigenvalue weighted by Crippen LogP contribution is 2.15. The molecule has 0 saturated carbocycles. The zero-order valence-corrected chi connectivity index (χ0v) is 13.9. The Bertz CT molecular complexity index is 711. The lowest BCUT2D eigenvalue weighted by Crippen LogP contribution is -2.46. The van der Waals surface area contributed by atoms with E-state index in [-0.39, 0.29) is 17.9 Å². The van der Waals surface area contributed by atoms with E-state index < -0.39 is 0 Å². The van der Waals surface area contributed by atoms with E-state index in [1.165, 1.54) is 0 Å². The Labute approximate surface area is 145 Å². The van der Waals surface area contributed by atoms with Gasteiger partial charge in [-0.05, 0) is 49.2 Å². The topological polar surface area (TPSA) is 62.3 Å². The van der Waals surface area contributed by atoms with Crippen LogP contribution in [-0.4, -0.2) is 40.8 Å². The zero-order valence-electron chi connectivity index (χ0n) is 13.1. The predicted molar refractivity (Wildman–Crippen MR) is 92.1 cm³/mol. The first-order valence-corrected chi connectivity index (χ1v) is 8.27. The quantitative estimate of drug-likeness (QED) is 0.932. The molecule has 0 spiro atoms. The third-order valence-corrected chi connectivity index (χ3v) is 4.38. The molecule has 2 heterocycles. The third-order valence-electron chi connectivity index (χ3n) is 4.13. The first kappa shape index (κ1) is 16.5. The maximum atomic E-state index is 12.4. The summed E-state index contributed by atoms with van der Waals surface area (Å²) < 4.78 is 0. The van der Waals surface area contributed by atoms with Crippen LogP contribution >= 0.6 is 11.6 Å². The van der Waals surface area contributed by atoms with Gasteiger partial charge in [-0.2, -0.15) is 0 Å². The van der Waals surface area contributed by atoms with Gasteiger partial charge < -0.3 is 10.2 Å². The highest BCUT2D eigenvalue weighted by Gasteiger charge is 2.24. The fraction of sp³-hybridized carbons (Fsp3) is 0.278. The van der Waals surface area contributed by atoms with Gasteiger partial charge in [0.15, 0.2) is 0 Å². The third kappa shape index (κ3) is 3.92. The van der Waals surface area contributed by atoms with E-state index in [0.29, 0.717) is 29.2 Å². The highest BCUT2D eigenvalue weighted by molar-refractivity contribution is 6.30. The first-order chi connectivity index (χ1) is 11.6. The Morgan fingerprint density at radius 2 is 1.79 bits per heavy atom. The molecule has 1 aromatic carbocycles. The molecule has 0 atom stereocenters. The monoisotopic (exact) mass is 343 g/mol.